The fourth-order valence-corrected chi connectivity index (χ4v) is 2.32. The van der Waals surface area contributed by atoms with Gasteiger partial charge in [-0.3, -0.25) is 0 Å². The molecule has 1 fully saturated rings. The number of nitrogens with one attached hydrogen (secondary N) is 1. The molecule has 0 bridgehead atoms. The van der Waals surface area contributed by atoms with Crippen molar-refractivity contribution in [3.05, 3.63) is 0 Å². The molecule has 0 aromatic carbocycles. The number of rotatable bonds is 5. The molecule has 1 aliphatic rings. The smallest absolute Gasteiger partial charge is 0.214 e. The van der Waals surface area contributed by atoms with Crippen LogP contribution in [-0.4, -0.2) is 26.3 Å². The van der Waals surface area contributed by atoms with Crippen LogP contribution in [-0.2, 0) is 10.0 Å². The highest BCUT2D eigenvalue weighted by Crippen LogP contribution is 2.27. The lowest BCUT2D eigenvalue weighted by Crippen LogP contribution is -2.31. The molecule has 1 unspecified atom stereocenters. The summed E-state index contributed by atoms with van der Waals surface area (Å²) in [5.41, 5.74) is 5.48. The van der Waals surface area contributed by atoms with Crippen molar-refractivity contribution < 1.29 is 8.42 Å². The van der Waals surface area contributed by atoms with E-state index in [0.29, 0.717) is 13.0 Å². The molecule has 0 aromatic heterocycles. The van der Waals surface area contributed by atoms with Gasteiger partial charge in [0, 0.05) is 12.6 Å². The van der Waals surface area contributed by atoms with Crippen molar-refractivity contribution >= 4 is 10.0 Å². The third-order valence-corrected chi connectivity index (χ3v) is 3.82. The first kappa shape index (κ1) is 9.95. The summed E-state index contributed by atoms with van der Waals surface area (Å²) in [5, 5.41) is -0.120. The van der Waals surface area contributed by atoms with E-state index < -0.39 is 10.0 Å². The van der Waals surface area contributed by atoms with Crippen LogP contribution in [0.3, 0.4) is 0 Å². The van der Waals surface area contributed by atoms with E-state index >= 15 is 0 Å². The summed E-state index contributed by atoms with van der Waals surface area (Å²) >= 11 is 0. The van der Waals surface area contributed by atoms with Crippen LogP contribution in [0.15, 0.2) is 0 Å². The minimum absolute atomic E-state index is 0.0619. The van der Waals surface area contributed by atoms with Gasteiger partial charge in [0.25, 0.3) is 0 Å². The molecule has 1 atom stereocenters. The molecule has 1 rings (SSSR count). The molecule has 0 aromatic rings. The van der Waals surface area contributed by atoms with Crippen LogP contribution in [0, 0.1) is 0 Å². The van der Waals surface area contributed by atoms with Gasteiger partial charge in [0.15, 0.2) is 0 Å². The Morgan fingerprint density at radius 3 is 2.58 bits per heavy atom. The lowest BCUT2D eigenvalue weighted by atomic mass is 10.3. The Bertz CT molecular complexity index is 232. The monoisotopic (exact) mass is 192 g/mol. The minimum atomic E-state index is -2.99. The van der Waals surface area contributed by atoms with E-state index in [1.54, 1.807) is 0 Å². The first-order valence-electron chi connectivity index (χ1n) is 4.26. The molecule has 12 heavy (non-hydrogen) atoms. The highest BCUT2D eigenvalue weighted by atomic mass is 32.2. The molecule has 72 valence electrons. The zero-order valence-corrected chi connectivity index (χ0v) is 8.10. The summed E-state index contributed by atoms with van der Waals surface area (Å²) < 4.78 is 25.0. The summed E-state index contributed by atoms with van der Waals surface area (Å²) in [5.74, 6) is 0. The molecule has 1 saturated carbocycles. The fourth-order valence-electron chi connectivity index (χ4n) is 0.925. The van der Waals surface area contributed by atoms with Gasteiger partial charge in [-0.1, -0.05) is 0 Å². The maximum Gasteiger partial charge on any atom is 0.214 e. The average molecular weight is 192 g/mol. The number of nitrogens with two attached hydrogens (primary N) is 1. The van der Waals surface area contributed by atoms with Crippen molar-refractivity contribution in [2.75, 3.05) is 6.54 Å². The quantitative estimate of drug-likeness (QED) is 0.634. The Balaban J connectivity index is 2.21. The zero-order chi connectivity index (χ0) is 9.19. The van der Waals surface area contributed by atoms with Crippen LogP contribution in [0.25, 0.3) is 0 Å². The Kier molecular flexibility index (Phi) is 3.09. The largest absolute Gasteiger partial charge is 0.328 e. The Morgan fingerprint density at radius 2 is 2.17 bits per heavy atom. The zero-order valence-electron chi connectivity index (χ0n) is 7.29. The van der Waals surface area contributed by atoms with Crippen LogP contribution in [0.4, 0.5) is 0 Å². The van der Waals surface area contributed by atoms with Gasteiger partial charge in [-0.05, 0) is 26.2 Å². The van der Waals surface area contributed by atoms with Gasteiger partial charge in [-0.2, -0.15) is 0 Å². The third-order valence-electron chi connectivity index (χ3n) is 1.87. The fraction of sp³-hybridized carbons (Fsp3) is 1.00. The number of sulfonamides is 1. The molecule has 0 radical (unpaired) electrons. The van der Waals surface area contributed by atoms with E-state index in [-0.39, 0.29) is 11.3 Å². The summed E-state index contributed by atoms with van der Waals surface area (Å²) in [6, 6.07) is 0.0619. The summed E-state index contributed by atoms with van der Waals surface area (Å²) in [7, 11) is -2.99. The highest BCUT2D eigenvalue weighted by Gasteiger charge is 2.35. The van der Waals surface area contributed by atoms with Crippen LogP contribution < -0.4 is 10.5 Å². The van der Waals surface area contributed by atoms with E-state index in [9.17, 15) is 8.42 Å². The molecule has 1 aliphatic carbocycles. The molecule has 0 aliphatic heterocycles. The van der Waals surface area contributed by atoms with Crippen molar-refractivity contribution in [1.82, 2.24) is 4.72 Å². The van der Waals surface area contributed by atoms with Crippen LogP contribution >= 0.6 is 0 Å². The highest BCUT2D eigenvalue weighted by molar-refractivity contribution is 7.90. The molecule has 0 amide bonds. The van der Waals surface area contributed by atoms with Gasteiger partial charge in [0.05, 0.1) is 5.25 Å². The predicted molar refractivity (Wildman–Crippen MR) is 48.2 cm³/mol. The third kappa shape index (κ3) is 3.08. The van der Waals surface area contributed by atoms with Crippen molar-refractivity contribution in [2.45, 2.75) is 37.5 Å². The number of hydrogen-bond donors (Lipinski definition) is 2. The molecular formula is C7H16N2O2S. The molecule has 3 N–H and O–H groups in total. The van der Waals surface area contributed by atoms with Gasteiger partial charge < -0.3 is 5.73 Å². The molecule has 0 heterocycles. The van der Waals surface area contributed by atoms with E-state index in [0.717, 1.165) is 12.8 Å². The standard InChI is InChI=1S/C7H16N2O2S/c1-6(8)4-5-9-12(10,11)7-2-3-7/h6-7,9H,2-5,8H2,1H3. The number of hydrogen-bond acceptors (Lipinski definition) is 3. The maximum absolute atomic E-state index is 11.2. The minimum Gasteiger partial charge on any atom is -0.328 e. The van der Waals surface area contributed by atoms with E-state index in [1.165, 1.54) is 0 Å². The second-order valence-corrected chi connectivity index (χ2v) is 5.45. The molecule has 0 saturated heterocycles. The summed E-state index contributed by atoms with van der Waals surface area (Å²) in [6.07, 6.45) is 2.33. The molecule has 4 nitrogen and oxygen atoms in total. The first-order valence-corrected chi connectivity index (χ1v) is 5.81. The maximum atomic E-state index is 11.2. The van der Waals surface area contributed by atoms with Gasteiger partial charge in [-0.15, -0.1) is 0 Å². The van der Waals surface area contributed by atoms with Crippen LogP contribution in [0.5, 0.6) is 0 Å². The van der Waals surface area contributed by atoms with Gasteiger partial charge >= 0.3 is 0 Å². The Labute approximate surface area is 73.6 Å². The molecule has 5 heteroatoms. The SMILES string of the molecule is CC(N)CCNS(=O)(=O)C1CC1. The Morgan fingerprint density at radius 1 is 1.58 bits per heavy atom. The lowest BCUT2D eigenvalue weighted by molar-refractivity contribution is 0.570. The van der Waals surface area contributed by atoms with Crippen molar-refractivity contribution in [3.8, 4) is 0 Å². The van der Waals surface area contributed by atoms with Crippen molar-refractivity contribution in [2.24, 2.45) is 5.73 Å². The van der Waals surface area contributed by atoms with Crippen LogP contribution in [0.2, 0.25) is 0 Å². The lowest BCUT2D eigenvalue weighted by Gasteiger charge is -2.06. The summed E-state index contributed by atoms with van der Waals surface area (Å²) in [4.78, 5) is 0. The first-order chi connectivity index (χ1) is 5.52. The summed E-state index contributed by atoms with van der Waals surface area (Å²) in [6.45, 7) is 2.34. The van der Waals surface area contributed by atoms with Gasteiger partial charge in [0.1, 0.15) is 0 Å². The Hall–Kier alpha value is -0.130. The van der Waals surface area contributed by atoms with Crippen molar-refractivity contribution in [1.29, 1.82) is 0 Å². The van der Waals surface area contributed by atoms with E-state index in [1.807, 2.05) is 6.92 Å². The normalized spacial score (nSPS) is 20.8. The van der Waals surface area contributed by atoms with Gasteiger partial charge in [-0.25, -0.2) is 13.1 Å². The van der Waals surface area contributed by atoms with Gasteiger partial charge in [0.2, 0.25) is 10.0 Å². The van der Waals surface area contributed by atoms with Crippen LogP contribution in [0.1, 0.15) is 26.2 Å². The second kappa shape index (κ2) is 3.72. The van der Waals surface area contributed by atoms with Crippen molar-refractivity contribution in [3.63, 3.8) is 0 Å². The average Bonchev–Trinajstić information content (AvgIpc) is 2.65. The molecule has 0 spiro atoms. The predicted octanol–water partition coefficient (Wildman–Crippen LogP) is -0.194. The van der Waals surface area contributed by atoms with E-state index in [4.69, 9.17) is 5.73 Å². The second-order valence-electron chi connectivity index (χ2n) is 3.40. The molecular weight excluding hydrogens is 176 g/mol. The topological polar surface area (TPSA) is 72.2 Å². The van der Waals surface area contributed by atoms with E-state index in [2.05, 4.69) is 4.72 Å².